The molecule has 0 aromatic carbocycles. The Balaban J connectivity index is 1.65. The number of aliphatic hydroxyl groups is 1. The monoisotopic (exact) mass is 342 g/mol. The number of rotatable bonds is 2. The van der Waals surface area contributed by atoms with Gasteiger partial charge in [0.15, 0.2) is 0 Å². The Morgan fingerprint density at radius 2 is 2.28 bits per heavy atom. The van der Waals surface area contributed by atoms with Crippen LogP contribution in [0.3, 0.4) is 0 Å². The zero-order valence-corrected chi connectivity index (χ0v) is 14.9. The Hall–Kier alpha value is -1.75. The van der Waals surface area contributed by atoms with Gasteiger partial charge in [0.25, 0.3) is 0 Å². The highest BCUT2D eigenvalue weighted by atomic mass is 16.6. The average molecular weight is 342 g/mol. The lowest BCUT2D eigenvalue weighted by Gasteiger charge is -2.56. The van der Waals surface area contributed by atoms with E-state index in [1.54, 1.807) is 0 Å². The second-order valence-electron chi connectivity index (χ2n) is 8.40. The predicted molar refractivity (Wildman–Crippen MR) is 93.9 cm³/mol. The molecule has 0 aromatic rings. The molecule has 1 N–H and O–H groups in total. The van der Waals surface area contributed by atoms with Gasteiger partial charge in [0.1, 0.15) is 12.7 Å². The van der Waals surface area contributed by atoms with Gasteiger partial charge in [0.05, 0.1) is 18.2 Å². The summed E-state index contributed by atoms with van der Waals surface area (Å²) in [6, 6.07) is 0.183. The van der Waals surface area contributed by atoms with Crippen molar-refractivity contribution in [1.29, 1.82) is 0 Å². The van der Waals surface area contributed by atoms with Gasteiger partial charge in [0.2, 0.25) is 0 Å². The van der Waals surface area contributed by atoms with Gasteiger partial charge in [-0.3, -0.25) is 0 Å². The molecule has 4 aliphatic rings. The zero-order chi connectivity index (χ0) is 17.8. The molecule has 0 radical (unpaired) electrons. The largest absolute Gasteiger partial charge is 0.459 e. The summed E-state index contributed by atoms with van der Waals surface area (Å²) < 4.78 is 4.93. The minimum Gasteiger partial charge on any atom is -0.459 e. The molecule has 0 amide bonds. The van der Waals surface area contributed by atoms with Crippen molar-refractivity contribution in [2.75, 3.05) is 13.2 Å². The first-order valence-corrected chi connectivity index (χ1v) is 9.15. The first-order chi connectivity index (χ1) is 11.9. The number of carbonyl (C=O) groups is 1. The van der Waals surface area contributed by atoms with Crippen LogP contribution in [-0.2, 0) is 9.53 Å². The maximum Gasteiger partial charge on any atom is 0.336 e. The van der Waals surface area contributed by atoms with Crippen LogP contribution in [0.25, 0.3) is 0 Å². The molecule has 4 unspecified atom stereocenters. The number of cyclic esters (lactones) is 1. The fourth-order valence-electron chi connectivity index (χ4n) is 5.50. The predicted octanol–water partition coefficient (Wildman–Crippen LogP) is 3.22. The Bertz CT molecular complexity index is 710. The number of esters is 1. The lowest BCUT2D eigenvalue weighted by atomic mass is 9.48. The number of aliphatic hydroxyl groups excluding tert-OH is 1. The van der Waals surface area contributed by atoms with E-state index in [1.807, 2.05) is 6.08 Å². The molecule has 0 aromatic heterocycles. The summed E-state index contributed by atoms with van der Waals surface area (Å²) in [5, 5.41) is 18.7. The third-order valence-corrected chi connectivity index (χ3v) is 7.02. The second-order valence-corrected chi connectivity index (χ2v) is 8.40. The van der Waals surface area contributed by atoms with Crippen molar-refractivity contribution in [3.8, 4) is 0 Å². The van der Waals surface area contributed by atoms with Gasteiger partial charge in [-0.1, -0.05) is 44.2 Å². The number of carbonyl (C=O) groups excluding carboxylic acids is 1. The van der Waals surface area contributed by atoms with Crippen LogP contribution < -0.4 is 0 Å². The van der Waals surface area contributed by atoms with Crippen molar-refractivity contribution in [1.82, 2.24) is 0 Å². The third-order valence-electron chi connectivity index (χ3n) is 7.02. The molecule has 0 bridgehead atoms. The standard InChI is InChI=1S/C20H26N2O3/c1-12-4-7-16-19(2,9-8-17-20(16,3)11-21-22-17)14(12)6-5-13-15(23)10-25-18(13)24/h5,8-9,14-17,23H,1,4,6-7,10-11H2,2-3H3/t14?,15-,16?,17?,19+,20?/m1/s1. The van der Waals surface area contributed by atoms with Crippen LogP contribution in [0.5, 0.6) is 0 Å². The number of azo groups is 1. The number of allylic oxidation sites excluding steroid dienone is 3. The molecule has 2 fully saturated rings. The number of fused-ring (bicyclic) bond motifs is 3. The summed E-state index contributed by atoms with van der Waals surface area (Å²) in [6.45, 7) is 9.81. The van der Waals surface area contributed by atoms with Crippen molar-refractivity contribution in [3.63, 3.8) is 0 Å². The summed E-state index contributed by atoms with van der Waals surface area (Å²) in [7, 11) is 0. The van der Waals surface area contributed by atoms with Crippen LogP contribution in [0.2, 0.25) is 0 Å². The minimum atomic E-state index is -0.802. The summed E-state index contributed by atoms with van der Waals surface area (Å²) in [6.07, 6.45) is 8.40. The van der Waals surface area contributed by atoms with Crippen molar-refractivity contribution in [3.05, 3.63) is 36.0 Å². The first kappa shape index (κ1) is 16.7. The smallest absolute Gasteiger partial charge is 0.336 e. The fourth-order valence-corrected chi connectivity index (χ4v) is 5.50. The summed E-state index contributed by atoms with van der Waals surface area (Å²) >= 11 is 0. The molecule has 5 nitrogen and oxygen atoms in total. The van der Waals surface area contributed by atoms with E-state index >= 15 is 0 Å². The topological polar surface area (TPSA) is 71.2 Å². The van der Waals surface area contributed by atoms with Crippen LogP contribution in [0, 0.1) is 22.7 Å². The maximum atomic E-state index is 11.8. The van der Waals surface area contributed by atoms with Gasteiger partial charge >= 0.3 is 5.97 Å². The summed E-state index contributed by atoms with van der Waals surface area (Å²) in [5.41, 5.74) is 1.67. The van der Waals surface area contributed by atoms with Gasteiger partial charge < -0.3 is 9.84 Å². The second kappa shape index (κ2) is 5.63. The van der Waals surface area contributed by atoms with Crippen molar-refractivity contribution < 1.29 is 14.6 Å². The first-order valence-electron chi connectivity index (χ1n) is 9.15. The van der Waals surface area contributed by atoms with Crippen LogP contribution in [0.15, 0.2) is 46.2 Å². The van der Waals surface area contributed by atoms with Crippen LogP contribution in [0.1, 0.15) is 33.1 Å². The van der Waals surface area contributed by atoms with E-state index in [0.29, 0.717) is 17.9 Å². The van der Waals surface area contributed by atoms with E-state index in [9.17, 15) is 9.90 Å². The molecule has 134 valence electrons. The van der Waals surface area contributed by atoms with Gasteiger partial charge in [-0.2, -0.15) is 10.2 Å². The van der Waals surface area contributed by atoms with Crippen molar-refractivity contribution >= 4 is 5.97 Å². The fraction of sp³-hybridized carbons (Fsp3) is 0.650. The molecule has 5 heteroatoms. The van der Waals surface area contributed by atoms with E-state index in [0.717, 1.165) is 19.4 Å². The number of nitrogens with zero attached hydrogens (tertiary/aromatic N) is 2. The molecule has 2 aliphatic carbocycles. The van der Waals surface area contributed by atoms with Crippen LogP contribution in [-0.4, -0.2) is 36.4 Å². The minimum absolute atomic E-state index is 0.0273. The van der Waals surface area contributed by atoms with E-state index in [1.165, 1.54) is 5.57 Å². The Labute approximate surface area is 148 Å². The Kier molecular flexibility index (Phi) is 3.76. The highest BCUT2D eigenvalue weighted by Crippen LogP contribution is 2.61. The molecule has 25 heavy (non-hydrogen) atoms. The molecule has 1 saturated carbocycles. The van der Waals surface area contributed by atoms with E-state index in [4.69, 9.17) is 4.74 Å². The quantitative estimate of drug-likeness (QED) is 0.476. The average Bonchev–Trinajstić information content (AvgIpc) is 3.10. The Morgan fingerprint density at radius 1 is 1.48 bits per heavy atom. The molecule has 4 rings (SSSR count). The van der Waals surface area contributed by atoms with Gasteiger partial charge in [-0.15, -0.1) is 0 Å². The van der Waals surface area contributed by atoms with E-state index in [2.05, 4.69) is 42.8 Å². The normalized spacial score (nSPS) is 47.1. The molecule has 1 saturated heterocycles. The van der Waals surface area contributed by atoms with Gasteiger partial charge in [0, 0.05) is 5.41 Å². The molecule has 2 heterocycles. The summed E-state index contributed by atoms with van der Waals surface area (Å²) in [5.74, 6) is 0.337. The molecular formula is C20H26N2O3. The molecular weight excluding hydrogens is 316 g/mol. The summed E-state index contributed by atoms with van der Waals surface area (Å²) in [4.78, 5) is 11.8. The lowest BCUT2D eigenvalue weighted by molar-refractivity contribution is -0.135. The van der Waals surface area contributed by atoms with Gasteiger partial charge in [-0.05, 0) is 36.5 Å². The van der Waals surface area contributed by atoms with Crippen molar-refractivity contribution in [2.45, 2.75) is 45.3 Å². The Morgan fingerprint density at radius 3 is 3.00 bits per heavy atom. The van der Waals surface area contributed by atoms with E-state index < -0.39 is 12.1 Å². The highest BCUT2D eigenvalue weighted by molar-refractivity contribution is 5.91. The number of ether oxygens (including phenoxy) is 1. The molecule has 2 aliphatic heterocycles. The number of hydrogen-bond donors (Lipinski definition) is 1. The lowest BCUT2D eigenvalue weighted by Crippen LogP contribution is -2.52. The number of hydrogen-bond acceptors (Lipinski definition) is 5. The van der Waals surface area contributed by atoms with Gasteiger partial charge in [-0.25, -0.2) is 4.79 Å². The molecule has 6 atom stereocenters. The van der Waals surface area contributed by atoms with E-state index in [-0.39, 0.29) is 29.4 Å². The third kappa shape index (κ3) is 2.35. The highest BCUT2D eigenvalue weighted by Gasteiger charge is 2.57. The van der Waals surface area contributed by atoms with Crippen molar-refractivity contribution in [2.24, 2.45) is 32.9 Å². The molecule has 0 spiro atoms. The maximum absolute atomic E-state index is 11.8. The van der Waals surface area contributed by atoms with Crippen LogP contribution >= 0.6 is 0 Å². The SMILES string of the molecule is C=C1CCC2C3(C)CN=NC3C=C[C@@]2(C)C1CC=C1C(=O)OC[C@H]1O. The van der Waals surface area contributed by atoms with Crippen LogP contribution in [0.4, 0.5) is 0 Å². The zero-order valence-electron chi connectivity index (χ0n) is 14.9.